The second-order valence-electron chi connectivity index (χ2n) is 4.19. The topological polar surface area (TPSA) is 20.2 Å². The van der Waals surface area contributed by atoms with Gasteiger partial charge in [-0.2, -0.15) is 0 Å². The molecule has 1 aromatic carbocycles. The van der Waals surface area contributed by atoms with E-state index >= 15 is 0 Å². The smallest absolute Gasteiger partial charge is 0.0696 e. The summed E-state index contributed by atoms with van der Waals surface area (Å²) in [5, 5.41) is 9.72. The van der Waals surface area contributed by atoms with Gasteiger partial charge < -0.3 is 5.11 Å². The van der Waals surface area contributed by atoms with Gasteiger partial charge in [0.05, 0.1) is 6.61 Å². The molecule has 0 atom stereocenters. The SMILES string of the molecule is CC(C)(C)c1cccc(CO)c1Cl. The van der Waals surface area contributed by atoms with Gasteiger partial charge in [0.25, 0.3) is 0 Å². The predicted octanol–water partition coefficient (Wildman–Crippen LogP) is 3.13. The van der Waals surface area contributed by atoms with Crippen molar-refractivity contribution in [3.05, 3.63) is 34.3 Å². The fourth-order valence-corrected chi connectivity index (χ4v) is 1.75. The highest BCUT2D eigenvalue weighted by atomic mass is 35.5. The maximum atomic E-state index is 9.02. The van der Waals surface area contributed by atoms with Gasteiger partial charge >= 0.3 is 0 Å². The Morgan fingerprint density at radius 2 is 1.92 bits per heavy atom. The van der Waals surface area contributed by atoms with E-state index in [0.29, 0.717) is 5.02 Å². The van der Waals surface area contributed by atoms with Crippen molar-refractivity contribution in [2.45, 2.75) is 32.8 Å². The molecule has 0 bridgehead atoms. The molecule has 0 unspecified atom stereocenters. The Labute approximate surface area is 84.4 Å². The Hall–Kier alpha value is -0.530. The minimum atomic E-state index is 0.00273. The van der Waals surface area contributed by atoms with Crippen LogP contribution in [0.2, 0.25) is 5.02 Å². The second kappa shape index (κ2) is 3.69. The van der Waals surface area contributed by atoms with Gasteiger partial charge in [0.15, 0.2) is 0 Å². The number of hydrogen-bond donors (Lipinski definition) is 1. The van der Waals surface area contributed by atoms with E-state index in [2.05, 4.69) is 20.8 Å². The van der Waals surface area contributed by atoms with Gasteiger partial charge in [-0.3, -0.25) is 0 Å². The molecule has 0 aliphatic heterocycles. The van der Waals surface area contributed by atoms with Crippen LogP contribution >= 0.6 is 11.6 Å². The van der Waals surface area contributed by atoms with Gasteiger partial charge in [-0.1, -0.05) is 50.6 Å². The summed E-state index contributed by atoms with van der Waals surface area (Å²) in [6.45, 7) is 6.32. The lowest BCUT2D eigenvalue weighted by molar-refractivity contribution is 0.281. The van der Waals surface area contributed by atoms with Crippen molar-refractivity contribution in [3.63, 3.8) is 0 Å². The van der Waals surface area contributed by atoms with Crippen molar-refractivity contribution >= 4 is 11.6 Å². The quantitative estimate of drug-likeness (QED) is 0.735. The molecule has 0 saturated heterocycles. The number of rotatable bonds is 1. The normalized spacial score (nSPS) is 11.8. The van der Waals surface area contributed by atoms with Crippen LogP contribution < -0.4 is 0 Å². The summed E-state index contributed by atoms with van der Waals surface area (Å²) in [7, 11) is 0. The van der Waals surface area contributed by atoms with Crippen molar-refractivity contribution in [1.29, 1.82) is 0 Å². The third-order valence-electron chi connectivity index (χ3n) is 2.06. The molecule has 0 spiro atoms. The fourth-order valence-electron chi connectivity index (χ4n) is 1.28. The monoisotopic (exact) mass is 198 g/mol. The molecule has 1 aromatic rings. The Morgan fingerprint density at radius 1 is 1.31 bits per heavy atom. The average molecular weight is 199 g/mol. The molecular formula is C11H15ClO. The van der Waals surface area contributed by atoms with Gasteiger partial charge in [-0.15, -0.1) is 0 Å². The molecule has 2 heteroatoms. The number of aliphatic hydroxyl groups excluding tert-OH is 1. The Balaban J connectivity index is 3.24. The van der Waals surface area contributed by atoms with Crippen LogP contribution in [0.3, 0.4) is 0 Å². The van der Waals surface area contributed by atoms with Gasteiger partial charge in [0.2, 0.25) is 0 Å². The molecule has 0 amide bonds. The molecule has 0 heterocycles. The minimum absolute atomic E-state index is 0.00273. The van der Waals surface area contributed by atoms with E-state index in [0.717, 1.165) is 11.1 Å². The molecule has 0 fully saturated rings. The van der Waals surface area contributed by atoms with E-state index in [1.165, 1.54) is 0 Å². The van der Waals surface area contributed by atoms with Crippen LogP contribution in [0.4, 0.5) is 0 Å². The molecule has 13 heavy (non-hydrogen) atoms. The Kier molecular flexibility index (Phi) is 2.99. The van der Waals surface area contributed by atoms with Crippen LogP contribution in [0.1, 0.15) is 31.9 Å². The molecule has 0 aliphatic carbocycles. The molecule has 0 aliphatic rings. The van der Waals surface area contributed by atoms with Crippen LogP contribution in [0.5, 0.6) is 0 Å². The molecular weight excluding hydrogens is 184 g/mol. The standard InChI is InChI=1S/C11H15ClO/c1-11(2,3)9-6-4-5-8(7-13)10(9)12/h4-6,13H,7H2,1-3H3. The summed E-state index contributed by atoms with van der Waals surface area (Å²) in [5.74, 6) is 0. The highest BCUT2D eigenvalue weighted by Gasteiger charge is 2.18. The molecule has 1 N–H and O–H groups in total. The van der Waals surface area contributed by atoms with Crippen molar-refractivity contribution < 1.29 is 5.11 Å². The summed E-state index contributed by atoms with van der Waals surface area (Å²) in [4.78, 5) is 0. The summed E-state index contributed by atoms with van der Waals surface area (Å²) >= 11 is 6.13. The first kappa shape index (κ1) is 10.6. The van der Waals surface area contributed by atoms with Crippen LogP contribution in [-0.2, 0) is 12.0 Å². The van der Waals surface area contributed by atoms with Gasteiger partial charge in [0.1, 0.15) is 0 Å². The summed E-state index contributed by atoms with van der Waals surface area (Å²) in [6, 6.07) is 5.77. The van der Waals surface area contributed by atoms with Gasteiger partial charge in [-0.05, 0) is 16.5 Å². The molecule has 0 saturated carbocycles. The second-order valence-corrected chi connectivity index (χ2v) is 4.56. The summed E-state index contributed by atoms with van der Waals surface area (Å²) in [5.41, 5.74) is 1.91. The van der Waals surface area contributed by atoms with Crippen LogP contribution in [-0.4, -0.2) is 5.11 Å². The Bertz CT molecular complexity index is 299. The van der Waals surface area contributed by atoms with Gasteiger partial charge in [0, 0.05) is 5.02 Å². The van der Waals surface area contributed by atoms with E-state index in [1.807, 2.05) is 18.2 Å². The van der Waals surface area contributed by atoms with E-state index < -0.39 is 0 Å². The van der Waals surface area contributed by atoms with Crippen LogP contribution in [0, 0.1) is 0 Å². The summed E-state index contributed by atoms with van der Waals surface area (Å²) < 4.78 is 0. The number of halogens is 1. The molecule has 0 radical (unpaired) electrons. The van der Waals surface area contributed by atoms with Crippen molar-refractivity contribution in [1.82, 2.24) is 0 Å². The average Bonchev–Trinajstić information content (AvgIpc) is 2.02. The zero-order valence-corrected chi connectivity index (χ0v) is 9.02. The van der Waals surface area contributed by atoms with E-state index in [1.54, 1.807) is 0 Å². The lowest BCUT2D eigenvalue weighted by Gasteiger charge is -2.21. The van der Waals surface area contributed by atoms with Crippen molar-refractivity contribution in [2.24, 2.45) is 0 Å². The molecule has 72 valence electrons. The first-order chi connectivity index (χ1) is 5.96. The maximum absolute atomic E-state index is 9.02. The van der Waals surface area contributed by atoms with E-state index in [9.17, 15) is 0 Å². The molecule has 0 aromatic heterocycles. The van der Waals surface area contributed by atoms with Gasteiger partial charge in [-0.25, -0.2) is 0 Å². The van der Waals surface area contributed by atoms with Crippen molar-refractivity contribution in [3.8, 4) is 0 Å². The molecule has 1 nitrogen and oxygen atoms in total. The van der Waals surface area contributed by atoms with Crippen molar-refractivity contribution in [2.75, 3.05) is 0 Å². The van der Waals surface area contributed by atoms with Crippen LogP contribution in [0.25, 0.3) is 0 Å². The third-order valence-corrected chi connectivity index (χ3v) is 2.50. The van der Waals surface area contributed by atoms with E-state index in [-0.39, 0.29) is 12.0 Å². The van der Waals surface area contributed by atoms with Crippen LogP contribution in [0.15, 0.2) is 18.2 Å². The number of aliphatic hydroxyl groups is 1. The summed E-state index contributed by atoms with van der Waals surface area (Å²) in [6.07, 6.45) is 0. The fraction of sp³-hybridized carbons (Fsp3) is 0.455. The Morgan fingerprint density at radius 3 is 2.38 bits per heavy atom. The first-order valence-electron chi connectivity index (χ1n) is 4.35. The third kappa shape index (κ3) is 2.23. The number of benzene rings is 1. The largest absolute Gasteiger partial charge is 0.392 e. The predicted molar refractivity (Wildman–Crippen MR) is 56.1 cm³/mol. The number of hydrogen-bond acceptors (Lipinski definition) is 1. The zero-order valence-electron chi connectivity index (χ0n) is 8.26. The lowest BCUT2D eigenvalue weighted by Crippen LogP contribution is -2.12. The lowest BCUT2D eigenvalue weighted by atomic mass is 9.86. The highest BCUT2D eigenvalue weighted by Crippen LogP contribution is 2.31. The minimum Gasteiger partial charge on any atom is -0.392 e. The first-order valence-corrected chi connectivity index (χ1v) is 4.73. The zero-order chi connectivity index (χ0) is 10.1. The molecule has 1 rings (SSSR count). The van der Waals surface area contributed by atoms with E-state index in [4.69, 9.17) is 16.7 Å². The highest BCUT2D eigenvalue weighted by molar-refractivity contribution is 6.32. The maximum Gasteiger partial charge on any atom is 0.0696 e.